The normalized spacial score (nSPS) is 12.2. The summed E-state index contributed by atoms with van der Waals surface area (Å²) in [6.07, 6.45) is 1.43. The third-order valence-electron chi connectivity index (χ3n) is 6.75. The molecule has 9 nitrogen and oxygen atoms in total. The van der Waals surface area contributed by atoms with Gasteiger partial charge in [-0.2, -0.15) is 0 Å². The molecule has 0 aliphatic carbocycles. The third kappa shape index (κ3) is 5.03. The van der Waals surface area contributed by atoms with Crippen LogP contribution in [-0.2, 0) is 11.3 Å². The van der Waals surface area contributed by atoms with Crippen LogP contribution in [0.1, 0.15) is 27.0 Å². The van der Waals surface area contributed by atoms with E-state index in [1.54, 1.807) is 54.1 Å². The Morgan fingerprint density at radius 3 is 2.36 bits per heavy atom. The topological polar surface area (TPSA) is 105 Å². The molecular formula is C30H28N2O7. The number of aromatic nitrogens is 1. The second-order valence-electron chi connectivity index (χ2n) is 9.26. The van der Waals surface area contributed by atoms with Crippen LogP contribution in [0.2, 0.25) is 0 Å². The standard InChI is InChI=1S/C30H28N2O7/c1-17-5-6-19(11-18(17)2)29(34)22-15-32(16-28(33)31-23-8-7-20(36-3)12-25(23)37-4)24-14-27-26(38-9-10-39-27)13-21(24)30(22)35/h5-8,11-15H,9-10,16H2,1-4H3,(H,31,33). The van der Waals surface area contributed by atoms with Crippen LogP contribution in [-0.4, -0.2) is 43.7 Å². The number of rotatable bonds is 7. The molecule has 9 heteroatoms. The van der Waals surface area contributed by atoms with Gasteiger partial charge >= 0.3 is 0 Å². The van der Waals surface area contributed by atoms with Gasteiger partial charge in [0.05, 0.1) is 36.4 Å². The number of anilines is 1. The minimum absolute atomic E-state index is 0.0442. The highest BCUT2D eigenvalue weighted by atomic mass is 16.6. The molecule has 1 N–H and O–H groups in total. The van der Waals surface area contributed by atoms with E-state index >= 15 is 0 Å². The average molecular weight is 529 g/mol. The first-order chi connectivity index (χ1) is 18.8. The highest BCUT2D eigenvalue weighted by Crippen LogP contribution is 2.34. The Hall–Kier alpha value is -4.79. The molecule has 39 heavy (non-hydrogen) atoms. The summed E-state index contributed by atoms with van der Waals surface area (Å²) in [7, 11) is 3.04. The number of carbonyl (C=O) groups excluding carboxylic acids is 2. The van der Waals surface area contributed by atoms with Crippen molar-refractivity contribution in [1.82, 2.24) is 4.57 Å². The Morgan fingerprint density at radius 1 is 0.923 bits per heavy atom. The van der Waals surface area contributed by atoms with Gasteiger partial charge in [-0.25, -0.2) is 0 Å². The number of methoxy groups -OCH3 is 2. The van der Waals surface area contributed by atoms with Crippen molar-refractivity contribution in [2.45, 2.75) is 20.4 Å². The summed E-state index contributed by atoms with van der Waals surface area (Å²) >= 11 is 0. The second-order valence-corrected chi connectivity index (χ2v) is 9.26. The van der Waals surface area contributed by atoms with Gasteiger partial charge < -0.3 is 28.8 Å². The minimum Gasteiger partial charge on any atom is -0.497 e. The molecule has 0 saturated carbocycles. The van der Waals surface area contributed by atoms with E-state index in [1.807, 2.05) is 19.9 Å². The summed E-state index contributed by atoms with van der Waals surface area (Å²) < 4.78 is 23.6. The Morgan fingerprint density at radius 2 is 1.67 bits per heavy atom. The van der Waals surface area contributed by atoms with E-state index in [0.717, 1.165) is 11.1 Å². The maximum Gasteiger partial charge on any atom is 0.244 e. The molecule has 0 atom stereocenters. The van der Waals surface area contributed by atoms with Crippen LogP contribution in [0, 0.1) is 13.8 Å². The summed E-state index contributed by atoms with van der Waals surface area (Å²) in [5.74, 6) is 1.08. The Kier molecular flexibility index (Phi) is 6.98. The largest absolute Gasteiger partial charge is 0.497 e. The molecule has 1 aliphatic rings. The summed E-state index contributed by atoms with van der Waals surface area (Å²) in [6.45, 7) is 4.39. The summed E-state index contributed by atoms with van der Waals surface area (Å²) in [6, 6.07) is 13.6. The smallest absolute Gasteiger partial charge is 0.244 e. The van der Waals surface area contributed by atoms with Gasteiger partial charge in [-0.3, -0.25) is 14.4 Å². The van der Waals surface area contributed by atoms with Gasteiger partial charge in [-0.1, -0.05) is 12.1 Å². The first-order valence-corrected chi connectivity index (χ1v) is 12.4. The molecule has 200 valence electrons. The van der Waals surface area contributed by atoms with E-state index in [4.69, 9.17) is 18.9 Å². The van der Waals surface area contributed by atoms with Crippen LogP contribution >= 0.6 is 0 Å². The highest BCUT2D eigenvalue weighted by Gasteiger charge is 2.22. The number of ketones is 1. The number of amides is 1. The van der Waals surface area contributed by atoms with E-state index in [2.05, 4.69) is 5.32 Å². The number of benzene rings is 3. The summed E-state index contributed by atoms with van der Waals surface area (Å²) in [4.78, 5) is 40.3. The maximum atomic E-state index is 13.6. The lowest BCUT2D eigenvalue weighted by Crippen LogP contribution is -2.25. The van der Waals surface area contributed by atoms with E-state index in [1.165, 1.54) is 13.3 Å². The predicted molar refractivity (Wildman–Crippen MR) is 147 cm³/mol. The summed E-state index contributed by atoms with van der Waals surface area (Å²) in [5, 5.41) is 3.09. The number of hydrogen-bond acceptors (Lipinski definition) is 7. The van der Waals surface area contributed by atoms with E-state index < -0.39 is 11.2 Å². The molecule has 0 unspecified atom stereocenters. The fraction of sp³-hybridized carbons (Fsp3) is 0.233. The molecular weight excluding hydrogens is 500 g/mol. The average Bonchev–Trinajstić information content (AvgIpc) is 2.95. The lowest BCUT2D eigenvalue weighted by atomic mass is 9.98. The number of ether oxygens (including phenoxy) is 4. The number of nitrogens with one attached hydrogen (secondary N) is 1. The zero-order valence-corrected chi connectivity index (χ0v) is 22.1. The van der Waals surface area contributed by atoms with Crippen LogP contribution in [0.3, 0.4) is 0 Å². The predicted octanol–water partition coefficient (Wildman–Crippen LogP) is 4.28. The molecule has 3 aromatic carbocycles. The molecule has 0 fully saturated rings. The fourth-order valence-electron chi connectivity index (χ4n) is 4.50. The van der Waals surface area contributed by atoms with Crippen LogP contribution < -0.4 is 29.7 Å². The molecule has 1 aliphatic heterocycles. The zero-order valence-electron chi connectivity index (χ0n) is 22.1. The van der Waals surface area contributed by atoms with E-state index in [9.17, 15) is 14.4 Å². The van der Waals surface area contributed by atoms with Crippen molar-refractivity contribution in [3.8, 4) is 23.0 Å². The molecule has 4 aromatic rings. The van der Waals surface area contributed by atoms with Crippen molar-refractivity contribution < 1.29 is 28.5 Å². The van der Waals surface area contributed by atoms with Crippen LogP contribution in [0.5, 0.6) is 23.0 Å². The highest BCUT2D eigenvalue weighted by molar-refractivity contribution is 6.10. The first-order valence-electron chi connectivity index (χ1n) is 12.4. The van der Waals surface area contributed by atoms with Gasteiger partial charge in [-0.05, 0) is 49.2 Å². The van der Waals surface area contributed by atoms with Crippen molar-refractivity contribution in [3.63, 3.8) is 0 Å². The molecule has 1 amide bonds. The maximum absolute atomic E-state index is 13.6. The van der Waals surface area contributed by atoms with E-state index in [-0.39, 0.29) is 23.4 Å². The molecule has 0 saturated heterocycles. The number of aryl methyl sites for hydroxylation is 2. The molecule has 0 bridgehead atoms. The van der Waals surface area contributed by atoms with Gasteiger partial charge in [0.25, 0.3) is 0 Å². The fourth-order valence-corrected chi connectivity index (χ4v) is 4.50. The Balaban J connectivity index is 1.58. The van der Waals surface area contributed by atoms with Crippen LogP contribution in [0.4, 0.5) is 5.69 Å². The monoisotopic (exact) mass is 528 g/mol. The minimum atomic E-state index is -0.446. The first kappa shape index (κ1) is 25.8. The number of carbonyl (C=O) groups is 2. The van der Waals surface area contributed by atoms with Crippen molar-refractivity contribution in [2.75, 3.05) is 32.8 Å². The SMILES string of the molecule is COc1ccc(NC(=O)Cn2cc(C(=O)c3ccc(C)c(C)c3)c(=O)c3cc4c(cc32)OCCO4)c(OC)c1. The number of pyridine rings is 1. The van der Waals surface area contributed by atoms with Gasteiger partial charge in [0.15, 0.2) is 17.3 Å². The molecule has 0 spiro atoms. The Bertz CT molecular complexity index is 1670. The van der Waals surface area contributed by atoms with Crippen LogP contribution in [0.15, 0.2) is 59.5 Å². The third-order valence-corrected chi connectivity index (χ3v) is 6.75. The van der Waals surface area contributed by atoms with Gasteiger partial charge in [0.2, 0.25) is 11.3 Å². The zero-order chi connectivity index (χ0) is 27.7. The Labute approximate surface area is 224 Å². The molecule has 1 aromatic heterocycles. The number of hydrogen-bond donors (Lipinski definition) is 1. The van der Waals surface area contributed by atoms with Crippen molar-refractivity contribution in [2.24, 2.45) is 0 Å². The molecule has 0 radical (unpaired) electrons. The quantitative estimate of drug-likeness (QED) is 0.357. The van der Waals surface area contributed by atoms with Crippen LogP contribution in [0.25, 0.3) is 10.9 Å². The lowest BCUT2D eigenvalue weighted by molar-refractivity contribution is -0.116. The summed E-state index contributed by atoms with van der Waals surface area (Å²) in [5.41, 5.74) is 2.78. The van der Waals surface area contributed by atoms with E-state index in [0.29, 0.717) is 53.0 Å². The van der Waals surface area contributed by atoms with Gasteiger partial charge in [0, 0.05) is 23.9 Å². The number of nitrogens with zero attached hydrogens (tertiary/aromatic N) is 1. The number of fused-ring (bicyclic) bond motifs is 2. The molecule has 2 heterocycles. The lowest BCUT2D eigenvalue weighted by Gasteiger charge is -2.21. The van der Waals surface area contributed by atoms with Gasteiger partial charge in [0.1, 0.15) is 31.3 Å². The van der Waals surface area contributed by atoms with Crippen molar-refractivity contribution in [1.29, 1.82) is 0 Å². The van der Waals surface area contributed by atoms with Crippen molar-refractivity contribution in [3.05, 3.63) is 87.2 Å². The second kappa shape index (κ2) is 10.5. The molecule has 5 rings (SSSR count). The van der Waals surface area contributed by atoms with Crippen molar-refractivity contribution >= 4 is 28.3 Å². The van der Waals surface area contributed by atoms with Gasteiger partial charge in [-0.15, -0.1) is 0 Å².